The van der Waals surface area contributed by atoms with Gasteiger partial charge < -0.3 is 19.1 Å². The van der Waals surface area contributed by atoms with Crippen LogP contribution in [-0.4, -0.2) is 64.6 Å². The van der Waals surface area contributed by atoms with Crippen LogP contribution in [0.4, 0.5) is 4.79 Å². The molecule has 0 aliphatic carbocycles. The van der Waals surface area contributed by atoms with Gasteiger partial charge in [-0.25, -0.2) is 9.78 Å². The van der Waals surface area contributed by atoms with Gasteiger partial charge in [0.15, 0.2) is 0 Å². The number of carbonyl (C=O) groups is 2. The lowest BCUT2D eigenvalue weighted by Gasteiger charge is -2.33. The summed E-state index contributed by atoms with van der Waals surface area (Å²) in [4.78, 5) is 32.3. The quantitative estimate of drug-likeness (QED) is 0.839. The smallest absolute Gasteiger partial charge is 0.409 e. The highest BCUT2D eigenvalue weighted by Crippen LogP contribution is 2.22. The van der Waals surface area contributed by atoms with Crippen molar-refractivity contribution in [2.45, 2.75) is 26.8 Å². The van der Waals surface area contributed by atoms with Crippen molar-refractivity contribution >= 4 is 23.0 Å². The molecule has 25 heavy (non-hydrogen) atoms. The molecular weight excluding hydrogens is 320 g/mol. The summed E-state index contributed by atoms with van der Waals surface area (Å²) >= 11 is 0. The Balaban J connectivity index is 1.78. The monoisotopic (exact) mass is 344 g/mol. The van der Waals surface area contributed by atoms with Crippen molar-refractivity contribution in [2.75, 3.05) is 33.3 Å². The van der Waals surface area contributed by atoms with Crippen molar-refractivity contribution in [3.8, 4) is 0 Å². The second-order valence-electron chi connectivity index (χ2n) is 6.58. The molecule has 0 spiro atoms. The molecule has 2 aromatic rings. The van der Waals surface area contributed by atoms with Gasteiger partial charge in [0.05, 0.1) is 18.1 Å². The van der Waals surface area contributed by atoms with Gasteiger partial charge in [-0.05, 0) is 39.0 Å². The van der Waals surface area contributed by atoms with Gasteiger partial charge in [-0.15, -0.1) is 0 Å². The minimum absolute atomic E-state index is 0.0248. The summed E-state index contributed by atoms with van der Waals surface area (Å²) in [5.74, 6) is 0.921. The first-order valence-corrected chi connectivity index (χ1v) is 8.53. The van der Waals surface area contributed by atoms with E-state index in [4.69, 9.17) is 4.74 Å². The van der Waals surface area contributed by atoms with Crippen molar-refractivity contribution in [2.24, 2.45) is 0 Å². The summed E-state index contributed by atoms with van der Waals surface area (Å²) in [7, 11) is 1.37. The SMILES string of the molecule is COC(=O)N1CCN(C(=O)c2ccc3c(c2)nc(C)n3C(C)C)CC1. The highest BCUT2D eigenvalue weighted by atomic mass is 16.5. The Morgan fingerprint density at radius 3 is 2.36 bits per heavy atom. The summed E-state index contributed by atoms with van der Waals surface area (Å²) in [6, 6.07) is 6.00. The van der Waals surface area contributed by atoms with Gasteiger partial charge in [0.25, 0.3) is 5.91 Å². The lowest BCUT2D eigenvalue weighted by Crippen LogP contribution is -2.50. The molecule has 134 valence electrons. The number of rotatable bonds is 2. The van der Waals surface area contributed by atoms with Crippen molar-refractivity contribution in [3.05, 3.63) is 29.6 Å². The van der Waals surface area contributed by atoms with E-state index in [2.05, 4.69) is 23.4 Å². The molecule has 1 aromatic heterocycles. The molecule has 1 aliphatic rings. The Kier molecular flexibility index (Phi) is 4.65. The van der Waals surface area contributed by atoms with E-state index in [1.54, 1.807) is 9.80 Å². The molecule has 0 atom stereocenters. The zero-order valence-electron chi connectivity index (χ0n) is 15.2. The number of benzene rings is 1. The van der Waals surface area contributed by atoms with Crippen LogP contribution in [0.15, 0.2) is 18.2 Å². The number of ether oxygens (including phenoxy) is 1. The van der Waals surface area contributed by atoms with Gasteiger partial charge in [-0.2, -0.15) is 0 Å². The Hall–Kier alpha value is -2.57. The average molecular weight is 344 g/mol. The molecule has 2 amide bonds. The molecule has 0 bridgehead atoms. The topological polar surface area (TPSA) is 67.7 Å². The fraction of sp³-hybridized carbons (Fsp3) is 0.500. The molecule has 1 aromatic carbocycles. The lowest BCUT2D eigenvalue weighted by atomic mass is 10.1. The number of aromatic nitrogens is 2. The Morgan fingerprint density at radius 2 is 1.76 bits per heavy atom. The third-order valence-corrected chi connectivity index (χ3v) is 4.63. The third-order valence-electron chi connectivity index (χ3n) is 4.63. The number of hydrogen-bond acceptors (Lipinski definition) is 4. The molecule has 0 N–H and O–H groups in total. The van der Waals surface area contributed by atoms with E-state index in [0.29, 0.717) is 37.8 Å². The Bertz CT molecular complexity index is 804. The highest BCUT2D eigenvalue weighted by Gasteiger charge is 2.25. The average Bonchev–Trinajstić information content (AvgIpc) is 2.95. The normalized spacial score (nSPS) is 15.1. The van der Waals surface area contributed by atoms with Crippen LogP contribution < -0.4 is 0 Å². The first kappa shape index (κ1) is 17.3. The summed E-state index contributed by atoms with van der Waals surface area (Å²) in [6.07, 6.45) is -0.344. The van der Waals surface area contributed by atoms with Crippen molar-refractivity contribution in [1.29, 1.82) is 0 Å². The number of nitrogens with zero attached hydrogens (tertiary/aromatic N) is 4. The van der Waals surface area contributed by atoms with E-state index >= 15 is 0 Å². The van der Waals surface area contributed by atoms with Crippen LogP contribution in [0.2, 0.25) is 0 Å². The Labute approximate surface area is 147 Å². The lowest BCUT2D eigenvalue weighted by molar-refractivity contribution is 0.0600. The van der Waals surface area contributed by atoms with E-state index in [1.807, 2.05) is 25.1 Å². The largest absolute Gasteiger partial charge is 0.453 e. The highest BCUT2D eigenvalue weighted by molar-refractivity contribution is 5.97. The molecule has 1 saturated heterocycles. The number of imidazole rings is 1. The molecule has 1 aliphatic heterocycles. The zero-order chi connectivity index (χ0) is 18.1. The van der Waals surface area contributed by atoms with Gasteiger partial charge in [-0.1, -0.05) is 0 Å². The zero-order valence-corrected chi connectivity index (χ0v) is 15.2. The van der Waals surface area contributed by atoms with Gasteiger partial charge in [-0.3, -0.25) is 4.79 Å². The molecule has 7 nitrogen and oxygen atoms in total. The van der Waals surface area contributed by atoms with E-state index in [1.165, 1.54) is 7.11 Å². The van der Waals surface area contributed by atoms with E-state index < -0.39 is 0 Å². The predicted molar refractivity (Wildman–Crippen MR) is 94.7 cm³/mol. The molecule has 3 rings (SSSR count). The number of hydrogen-bond donors (Lipinski definition) is 0. The maximum atomic E-state index is 12.8. The molecular formula is C18H24N4O3. The predicted octanol–water partition coefficient (Wildman–Crippen LogP) is 2.45. The van der Waals surface area contributed by atoms with Crippen molar-refractivity contribution in [1.82, 2.24) is 19.4 Å². The van der Waals surface area contributed by atoms with E-state index in [-0.39, 0.29) is 12.0 Å². The molecule has 7 heteroatoms. The van der Waals surface area contributed by atoms with Crippen molar-refractivity contribution < 1.29 is 14.3 Å². The van der Waals surface area contributed by atoms with E-state index in [9.17, 15) is 9.59 Å². The number of piperazine rings is 1. The summed E-state index contributed by atoms with van der Waals surface area (Å²) < 4.78 is 6.89. The third kappa shape index (κ3) is 3.18. The van der Waals surface area contributed by atoms with Crippen LogP contribution in [-0.2, 0) is 4.74 Å². The molecule has 2 heterocycles. The van der Waals surface area contributed by atoms with Gasteiger partial charge in [0, 0.05) is 37.8 Å². The maximum Gasteiger partial charge on any atom is 0.409 e. The Morgan fingerprint density at radius 1 is 1.12 bits per heavy atom. The molecule has 1 fully saturated rings. The summed E-state index contributed by atoms with van der Waals surface area (Å²) in [5.41, 5.74) is 2.51. The summed E-state index contributed by atoms with van der Waals surface area (Å²) in [6.45, 7) is 8.20. The van der Waals surface area contributed by atoms with Crippen LogP contribution in [0.1, 0.15) is 36.1 Å². The first-order valence-electron chi connectivity index (χ1n) is 8.53. The standard InChI is InChI=1S/C18H24N4O3/c1-12(2)22-13(3)19-15-11-14(5-6-16(15)22)17(23)20-7-9-21(10-8-20)18(24)25-4/h5-6,11-12H,7-10H2,1-4H3. The summed E-state index contributed by atoms with van der Waals surface area (Å²) in [5, 5.41) is 0. The number of fused-ring (bicyclic) bond motifs is 1. The molecule has 0 saturated carbocycles. The second-order valence-corrected chi connectivity index (χ2v) is 6.58. The van der Waals surface area contributed by atoms with Crippen LogP contribution in [0.3, 0.4) is 0 Å². The fourth-order valence-corrected chi connectivity index (χ4v) is 3.41. The number of amides is 2. The van der Waals surface area contributed by atoms with Gasteiger partial charge in [0.2, 0.25) is 0 Å². The van der Waals surface area contributed by atoms with Crippen LogP contribution in [0, 0.1) is 6.92 Å². The molecule has 0 radical (unpaired) electrons. The van der Waals surface area contributed by atoms with Crippen LogP contribution >= 0.6 is 0 Å². The number of aryl methyl sites for hydroxylation is 1. The maximum absolute atomic E-state index is 12.8. The fourth-order valence-electron chi connectivity index (χ4n) is 3.41. The minimum Gasteiger partial charge on any atom is -0.453 e. The number of methoxy groups -OCH3 is 1. The van der Waals surface area contributed by atoms with Crippen LogP contribution in [0.25, 0.3) is 11.0 Å². The first-order chi connectivity index (χ1) is 11.9. The molecule has 0 unspecified atom stereocenters. The van der Waals surface area contributed by atoms with Gasteiger partial charge >= 0.3 is 6.09 Å². The van der Waals surface area contributed by atoms with Crippen molar-refractivity contribution in [3.63, 3.8) is 0 Å². The number of carbonyl (C=O) groups excluding carboxylic acids is 2. The van der Waals surface area contributed by atoms with E-state index in [0.717, 1.165) is 16.9 Å². The second kappa shape index (κ2) is 6.74. The van der Waals surface area contributed by atoms with Gasteiger partial charge in [0.1, 0.15) is 5.82 Å². The van der Waals surface area contributed by atoms with Crippen LogP contribution in [0.5, 0.6) is 0 Å². The minimum atomic E-state index is -0.344.